The van der Waals surface area contributed by atoms with E-state index in [1.807, 2.05) is 6.92 Å². The number of nitrogens with one attached hydrogen (secondary N) is 2. The molecule has 0 aliphatic heterocycles. The average Bonchev–Trinajstić information content (AvgIpc) is 2.34. The molecule has 1 aromatic heterocycles. The van der Waals surface area contributed by atoms with Crippen LogP contribution in [0.2, 0.25) is 5.15 Å². The smallest absolute Gasteiger partial charge is 0.251 e. The highest BCUT2D eigenvalue weighted by Crippen LogP contribution is 2.11. The van der Waals surface area contributed by atoms with Crippen LogP contribution in [0.25, 0.3) is 0 Å². The number of rotatable bonds is 4. The first-order valence-corrected chi connectivity index (χ1v) is 5.59. The van der Waals surface area contributed by atoms with Gasteiger partial charge in [0.15, 0.2) is 0 Å². The maximum atomic E-state index is 11.7. The van der Waals surface area contributed by atoms with Crippen LogP contribution in [0.3, 0.4) is 0 Å². The molecule has 92 valence electrons. The van der Waals surface area contributed by atoms with Crippen molar-refractivity contribution in [1.29, 1.82) is 0 Å². The minimum absolute atomic E-state index is 0.0588. The number of hydrogen-bond donors (Lipinski definition) is 2. The summed E-state index contributed by atoms with van der Waals surface area (Å²) < 4.78 is 0. The van der Waals surface area contributed by atoms with Crippen molar-refractivity contribution in [2.75, 3.05) is 13.6 Å². The van der Waals surface area contributed by atoms with Crippen molar-refractivity contribution in [3.05, 3.63) is 28.5 Å². The molecule has 1 aromatic rings. The fraction of sp³-hybridized carbons (Fsp3) is 0.364. The number of hydrogen-bond acceptors (Lipinski definition) is 3. The number of aryl methyl sites for hydroxylation is 1. The molecule has 0 aliphatic rings. The molecular weight excluding hydrogens is 242 g/mol. The Labute approximate surface area is 105 Å². The zero-order chi connectivity index (χ0) is 12.8. The van der Waals surface area contributed by atoms with Gasteiger partial charge < -0.3 is 10.6 Å². The van der Waals surface area contributed by atoms with Crippen LogP contribution >= 0.6 is 11.6 Å². The normalized spacial score (nSPS) is 9.82. The maximum Gasteiger partial charge on any atom is 0.251 e. The summed E-state index contributed by atoms with van der Waals surface area (Å²) in [5.74, 6) is -0.596. The molecule has 6 heteroatoms. The van der Waals surface area contributed by atoms with E-state index in [0.717, 1.165) is 5.69 Å². The van der Waals surface area contributed by atoms with Gasteiger partial charge in [-0.25, -0.2) is 4.98 Å². The van der Waals surface area contributed by atoms with Crippen LogP contribution < -0.4 is 10.6 Å². The fourth-order valence-corrected chi connectivity index (χ4v) is 1.44. The van der Waals surface area contributed by atoms with Crippen LogP contribution in [-0.2, 0) is 11.2 Å². The third kappa shape index (κ3) is 4.03. The molecule has 5 nitrogen and oxygen atoms in total. The zero-order valence-electron chi connectivity index (χ0n) is 9.71. The van der Waals surface area contributed by atoms with Gasteiger partial charge in [0.2, 0.25) is 5.91 Å². The Morgan fingerprint density at radius 1 is 1.41 bits per heavy atom. The highest BCUT2D eigenvalue weighted by molar-refractivity contribution is 6.29. The molecule has 0 spiro atoms. The standard InChI is InChI=1S/C11H14ClN3O2/c1-3-8-4-7(5-9(12)15-8)11(17)14-6-10(16)13-2/h4-5H,3,6H2,1-2H3,(H,13,16)(H,14,17). The summed E-state index contributed by atoms with van der Waals surface area (Å²) in [4.78, 5) is 26.7. The van der Waals surface area contributed by atoms with Crippen molar-refractivity contribution >= 4 is 23.4 Å². The Balaban J connectivity index is 2.74. The van der Waals surface area contributed by atoms with Gasteiger partial charge in [-0.3, -0.25) is 9.59 Å². The lowest BCUT2D eigenvalue weighted by Crippen LogP contribution is -2.35. The van der Waals surface area contributed by atoms with Crippen molar-refractivity contribution in [1.82, 2.24) is 15.6 Å². The highest BCUT2D eigenvalue weighted by atomic mass is 35.5. The molecule has 0 radical (unpaired) electrons. The van der Waals surface area contributed by atoms with E-state index in [2.05, 4.69) is 15.6 Å². The highest BCUT2D eigenvalue weighted by Gasteiger charge is 2.09. The first-order chi connectivity index (χ1) is 8.06. The Morgan fingerprint density at radius 2 is 2.12 bits per heavy atom. The predicted octanol–water partition coefficient (Wildman–Crippen LogP) is 0.773. The summed E-state index contributed by atoms with van der Waals surface area (Å²) in [6, 6.07) is 3.13. The topological polar surface area (TPSA) is 71.1 Å². The van der Waals surface area contributed by atoms with Crippen LogP contribution in [0, 0.1) is 0 Å². The van der Waals surface area contributed by atoms with Crippen molar-refractivity contribution in [2.45, 2.75) is 13.3 Å². The lowest BCUT2D eigenvalue weighted by Gasteiger charge is -2.06. The molecule has 0 aromatic carbocycles. The van der Waals surface area contributed by atoms with Gasteiger partial charge in [0.25, 0.3) is 5.91 Å². The Morgan fingerprint density at radius 3 is 2.71 bits per heavy atom. The van der Waals surface area contributed by atoms with E-state index in [-0.39, 0.29) is 23.5 Å². The molecular formula is C11H14ClN3O2. The van der Waals surface area contributed by atoms with E-state index in [1.54, 1.807) is 6.07 Å². The summed E-state index contributed by atoms with van der Waals surface area (Å²) in [6.07, 6.45) is 0.691. The summed E-state index contributed by atoms with van der Waals surface area (Å²) in [7, 11) is 1.51. The van der Waals surface area contributed by atoms with Crippen LogP contribution in [0.4, 0.5) is 0 Å². The van der Waals surface area contributed by atoms with E-state index < -0.39 is 0 Å². The first-order valence-electron chi connectivity index (χ1n) is 5.22. The Kier molecular flexibility index (Phi) is 4.90. The second-order valence-electron chi connectivity index (χ2n) is 3.38. The number of pyridine rings is 1. The number of nitrogens with zero attached hydrogens (tertiary/aromatic N) is 1. The minimum atomic E-state index is -0.340. The Hall–Kier alpha value is -1.62. The Bertz CT molecular complexity index is 435. The van der Waals surface area contributed by atoms with Crippen LogP contribution in [0.5, 0.6) is 0 Å². The maximum absolute atomic E-state index is 11.7. The number of carbonyl (C=O) groups excluding carboxylic acids is 2. The van der Waals surface area contributed by atoms with Crippen molar-refractivity contribution in [3.63, 3.8) is 0 Å². The SMILES string of the molecule is CCc1cc(C(=O)NCC(=O)NC)cc(Cl)n1. The number of amides is 2. The number of carbonyl (C=O) groups is 2. The van der Waals surface area contributed by atoms with Crippen LogP contribution in [-0.4, -0.2) is 30.4 Å². The molecule has 2 N–H and O–H groups in total. The molecule has 0 bridgehead atoms. The lowest BCUT2D eigenvalue weighted by atomic mass is 10.2. The van der Waals surface area contributed by atoms with Gasteiger partial charge in [-0.15, -0.1) is 0 Å². The lowest BCUT2D eigenvalue weighted by molar-refractivity contribution is -0.119. The van der Waals surface area contributed by atoms with Gasteiger partial charge in [0.05, 0.1) is 6.54 Å². The zero-order valence-corrected chi connectivity index (χ0v) is 10.5. The van der Waals surface area contributed by atoms with E-state index in [9.17, 15) is 9.59 Å². The predicted molar refractivity (Wildman–Crippen MR) is 65.0 cm³/mol. The first kappa shape index (κ1) is 13.4. The van der Waals surface area contributed by atoms with Gasteiger partial charge in [0.1, 0.15) is 5.15 Å². The van der Waals surface area contributed by atoms with E-state index in [4.69, 9.17) is 11.6 Å². The number of halogens is 1. The molecule has 0 saturated heterocycles. The van der Waals surface area contributed by atoms with Gasteiger partial charge >= 0.3 is 0 Å². The van der Waals surface area contributed by atoms with Gasteiger partial charge in [0, 0.05) is 18.3 Å². The van der Waals surface area contributed by atoms with E-state index >= 15 is 0 Å². The summed E-state index contributed by atoms with van der Waals surface area (Å²) >= 11 is 5.79. The van der Waals surface area contributed by atoms with Crippen LogP contribution in [0.1, 0.15) is 23.0 Å². The number of aromatic nitrogens is 1. The molecule has 0 atom stereocenters. The molecule has 0 saturated carbocycles. The summed E-state index contributed by atoms with van der Waals surface area (Å²) in [5.41, 5.74) is 1.15. The monoisotopic (exact) mass is 255 g/mol. The molecule has 0 aliphatic carbocycles. The van der Waals surface area contributed by atoms with Crippen LogP contribution in [0.15, 0.2) is 12.1 Å². The average molecular weight is 256 g/mol. The molecule has 0 unspecified atom stereocenters. The molecule has 0 fully saturated rings. The molecule has 17 heavy (non-hydrogen) atoms. The van der Waals surface area contributed by atoms with Gasteiger partial charge in [-0.2, -0.15) is 0 Å². The van der Waals surface area contributed by atoms with E-state index in [1.165, 1.54) is 13.1 Å². The van der Waals surface area contributed by atoms with E-state index in [0.29, 0.717) is 12.0 Å². The largest absolute Gasteiger partial charge is 0.358 e. The second kappa shape index (κ2) is 6.20. The van der Waals surface area contributed by atoms with Crippen molar-refractivity contribution in [3.8, 4) is 0 Å². The number of likely N-dealkylation sites (N-methyl/N-ethyl adjacent to an activating group) is 1. The minimum Gasteiger partial charge on any atom is -0.358 e. The quantitative estimate of drug-likeness (QED) is 0.781. The summed E-state index contributed by atoms with van der Waals surface area (Å²) in [6.45, 7) is 1.86. The van der Waals surface area contributed by atoms with Crippen molar-refractivity contribution < 1.29 is 9.59 Å². The molecule has 1 heterocycles. The summed E-state index contributed by atoms with van der Waals surface area (Å²) in [5, 5.41) is 5.18. The van der Waals surface area contributed by atoms with Gasteiger partial charge in [-0.1, -0.05) is 18.5 Å². The van der Waals surface area contributed by atoms with Gasteiger partial charge in [-0.05, 0) is 18.6 Å². The third-order valence-corrected chi connectivity index (χ3v) is 2.35. The second-order valence-corrected chi connectivity index (χ2v) is 3.77. The molecule has 1 rings (SSSR count). The fourth-order valence-electron chi connectivity index (χ4n) is 1.21. The molecule has 2 amide bonds. The van der Waals surface area contributed by atoms with Crippen molar-refractivity contribution in [2.24, 2.45) is 0 Å². The third-order valence-electron chi connectivity index (χ3n) is 2.16.